The number of rotatable bonds is 8. The van der Waals surface area contributed by atoms with Crippen molar-refractivity contribution in [1.82, 2.24) is 4.90 Å². The molecule has 0 spiro atoms. The molecular formula is C26H37NO4Si. The van der Waals surface area contributed by atoms with Crippen molar-refractivity contribution >= 4 is 14.4 Å². The predicted molar refractivity (Wildman–Crippen MR) is 130 cm³/mol. The van der Waals surface area contributed by atoms with Gasteiger partial charge in [0.2, 0.25) is 0 Å². The van der Waals surface area contributed by atoms with E-state index in [1.165, 1.54) is 11.1 Å². The van der Waals surface area contributed by atoms with Gasteiger partial charge in [0.1, 0.15) is 12.6 Å². The Balaban J connectivity index is 1.91. The number of cyclic esters (lactones) is 1. The Kier molecular flexibility index (Phi) is 7.23. The zero-order valence-corrected chi connectivity index (χ0v) is 21.5. The van der Waals surface area contributed by atoms with Gasteiger partial charge in [0.25, 0.3) is 8.32 Å². The molecule has 0 unspecified atom stereocenters. The van der Waals surface area contributed by atoms with Crippen LogP contribution in [-0.4, -0.2) is 25.9 Å². The number of hydrogen-bond donors (Lipinski definition) is 0. The van der Waals surface area contributed by atoms with E-state index in [9.17, 15) is 4.79 Å². The van der Waals surface area contributed by atoms with Crippen molar-refractivity contribution in [3.63, 3.8) is 0 Å². The number of ether oxygens (including phenoxy) is 1. The van der Waals surface area contributed by atoms with E-state index in [0.717, 1.165) is 18.4 Å². The molecule has 2 heterocycles. The summed E-state index contributed by atoms with van der Waals surface area (Å²) in [5.41, 5.74) is 3.44. The standard InChI is InChI=1S/C26H37NO4Si/c1-19(13-14-22-17-29-16-20(22)2)15-24(31-32(6,7)26(3,4)5)27-23(18-30-25(27)28)21-11-9-8-10-12-21/h8-12,15-17,19,23H,13-14,18H2,1-7H3/b24-15-/t19-,23+/m0/s1. The second-order valence-corrected chi connectivity index (χ2v) is 15.1. The fourth-order valence-electron chi connectivity index (χ4n) is 3.52. The van der Waals surface area contributed by atoms with Gasteiger partial charge in [-0.3, -0.25) is 0 Å². The molecule has 3 rings (SSSR count). The van der Waals surface area contributed by atoms with Crippen LogP contribution in [0.4, 0.5) is 4.79 Å². The molecule has 0 aliphatic carbocycles. The zero-order valence-electron chi connectivity index (χ0n) is 20.5. The van der Waals surface area contributed by atoms with Gasteiger partial charge in [0, 0.05) is 0 Å². The van der Waals surface area contributed by atoms with Crippen molar-refractivity contribution in [3.8, 4) is 0 Å². The van der Waals surface area contributed by atoms with Crippen LogP contribution in [0.1, 0.15) is 56.8 Å². The fourth-order valence-corrected chi connectivity index (χ4v) is 4.51. The Hall–Kier alpha value is -2.47. The lowest BCUT2D eigenvalue weighted by Gasteiger charge is -2.39. The van der Waals surface area contributed by atoms with Gasteiger partial charge < -0.3 is 13.6 Å². The average molecular weight is 456 g/mol. The lowest BCUT2D eigenvalue weighted by atomic mass is 10.0. The summed E-state index contributed by atoms with van der Waals surface area (Å²) in [6.45, 7) is 15.6. The van der Waals surface area contributed by atoms with Crippen molar-refractivity contribution in [1.29, 1.82) is 0 Å². The molecule has 1 aliphatic rings. The van der Waals surface area contributed by atoms with Crippen LogP contribution in [0.5, 0.6) is 0 Å². The lowest BCUT2D eigenvalue weighted by molar-refractivity contribution is 0.149. The summed E-state index contributed by atoms with van der Waals surface area (Å²) in [5.74, 6) is 0.846. The third-order valence-electron chi connectivity index (χ3n) is 6.72. The molecule has 6 heteroatoms. The van der Waals surface area contributed by atoms with Crippen molar-refractivity contribution in [3.05, 3.63) is 71.5 Å². The molecule has 2 atom stereocenters. The number of allylic oxidation sites excluding steroid dienone is 1. The highest BCUT2D eigenvalue weighted by Gasteiger charge is 2.44. The van der Waals surface area contributed by atoms with E-state index in [1.54, 1.807) is 11.2 Å². The lowest BCUT2D eigenvalue weighted by Crippen LogP contribution is -2.43. The third-order valence-corrected chi connectivity index (χ3v) is 11.1. The van der Waals surface area contributed by atoms with Crippen LogP contribution in [0, 0.1) is 12.8 Å². The van der Waals surface area contributed by atoms with E-state index in [0.29, 0.717) is 12.5 Å². The summed E-state index contributed by atoms with van der Waals surface area (Å²) in [6.07, 6.45) is 7.22. The molecule has 0 N–H and O–H groups in total. The molecule has 0 bridgehead atoms. The second kappa shape index (κ2) is 9.57. The van der Waals surface area contributed by atoms with E-state index in [4.69, 9.17) is 13.6 Å². The minimum Gasteiger partial charge on any atom is -0.532 e. The summed E-state index contributed by atoms with van der Waals surface area (Å²) in [4.78, 5) is 14.6. The molecule has 1 saturated heterocycles. The van der Waals surface area contributed by atoms with Gasteiger partial charge in [-0.1, -0.05) is 58.0 Å². The number of aryl methyl sites for hydroxylation is 2. The van der Waals surface area contributed by atoms with Crippen molar-refractivity contribution in [2.45, 2.75) is 71.6 Å². The Morgan fingerprint density at radius 2 is 1.94 bits per heavy atom. The van der Waals surface area contributed by atoms with Crippen molar-refractivity contribution in [2.24, 2.45) is 5.92 Å². The summed E-state index contributed by atoms with van der Waals surface area (Å²) in [5, 5.41) is 0.00903. The van der Waals surface area contributed by atoms with E-state index in [1.807, 2.05) is 36.6 Å². The van der Waals surface area contributed by atoms with Crippen molar-refractivity contribution < 1.29 is 18.4 Å². The van der Waals surface area contributed by atoms with Gasteiger partial charge in [-0.15, -0.1) is 0 Å². The molecule has 1 aromatic carbocycles. The smallest absolute Gasteiger partial charge is 0.417 e. The number of carbonyl (C=O) groups is 1. The van der Waals surface area contributed by atoms with E-state index >= 15 is 0 Å². The average Bonchev–Trinajstić information content (AvgIpc) is 3.30. The van der Waals surface area contributed by atoms with Crippen LogP contribution in [0.25, 0.3) is 0 Å². The fraction of sp³-hybridized carbons (Fsp3) is 0.500. The first-order chi connectivity index (χ1) is 15.0. The maximum absolute atomic E-state index is 12.9. The number of carbonyl (C=O) groups excluding carboxylic acids is 1. The number of amides is 1. The Bertz CT molecular complexity index is 942. The summed E-state index contributed by atoms with van der Waals surface area (Å²) >= 11 is 0. The minimum atomic E-state index is -2.18. The Morgan fingerprint density at radius 1 is 1.25 bits per heavy atom. The quantitative estimate of drug-likeness (QED) is 0.312. The molecule has 1 fully saturated rings. The number of benzene rings is 1. The van der Waals surface area contributed by atoms with Gasteiger partial charge in [0.15, 0.2) is 5.88 Å². The van der Waals surface area contributed by atoms with Gasteiger partial charge in [-0.25, -0.2) is 9.69 Å². The first-order valence-electron chi connectivity index (χ1n) is 11.4. The molecule has 1 aromatic heterocycles. The molecule has 2 aromatic rings. The molecule has 5 nitrogen and oxygen atoms in total. The highest BCUT2D eigenvalue weighted by atomic mass is 28.4. The SMILES string of the molecule is Cc1cocc1CC[C@H](C)/C=C(\O[Si](C)(C)C(C)(C)C)N1C(=O)OC[C@@H]1c1ccccc1. The monoisotopic (exact) mass is 455 g/mol. The zero-order chi connectivity index (χ0) is 23.5. The predicted octanol–water partition coefficient (Wildman–Crippen LogP) is 7.21. The molecule has 1 aliphatic heterocycles. The van der Waals surface area contributed by atoms with Crippen LogP contribution in [-0.2, 0) is 15.6 Å². The van der Waals surface area contributed by atoms with Crippen LogP contribution in [0.15, 0.2) is 59.2 Å². The van der Waals surface area contributed by atoms with Crippen LogP contribution < -0.4 is 0 Å². The second-order valence-electron chi connectivity index (χ2n) is 10.3. The maximum atomic E-state index is 12.9. The van der Waals surface area contributed by atoms with Gasteiger partial charge in [0.05, 0.1) is 12.5 Å². The first kappa shape index (κ1) is 24.2. The van der Waals surface area contributed by atoms with Gasteiger partial charge >= 0.3 is 6.09 Å². The van der Waals surface area contributed by atoms with Crippen LogP contribution >= 0.6 is 0 Å². The Labute approximate surface area is 193 Å². The third kappa shape index (κ3) is 5.47. The Morgan fingerprint density at radius 3 is 2.53 bits per heavy atom. The largest absolute Gasteiger partial charge is 0.532 e. The number of hydrogen-bond acceptors (Lipinski definition) is 4. The topological polar surface area (TPSA) is 51.9 Å². The maximum Gasteiger partial charge on any atom is 0.417 e. The molecule has 174 valence electrons. The van der Waals surface area contributed by atoms with Gasteiger partial charge in [-0.2, -0.15) is 0 Å². The summed E-state index contributed by atoms with van der Waals surface area (Å²) in [6, 6.07) is 9.84. The molecule has 0 radical (unpaired) electrons. The molecular weight excluding hydrogens is 418 g/mol. The van der Waals surface area contributed by atoms with Crippen molar-refractivity contribution in [2.75, 3.05) is 6.61 Å². The van der Waals surface area contributed by atoms with E-state index in [-0.39, 0.29) is 23.1 Å². The van der Waals surface area contributed by atoms with E-state index in [2.05, 4.69) is 53.8 Å². The van der Waals surface area contributed by atoms with E-state index < -0.39 is 8.32 Å². The number of furan rings is 1. The summed E-state index contributed by atoms with van der Waals surface area (Å²) < 4.78 is 17.6. The molecule has 0 saturated carbocycles. The number of nitrogens with zero attached hydrogens (tertiary/aromatic N) is 1. The first-order valence-corrected chi connectivity index (χ1v) is 14.3. The normalized spacial score (nSPS) is 18.6. The highest BCUT2D eigenvalue weighted by Crippen LogP contribution is 2.41. The van der Waals surface area contributed by atoms with Gasteiger partial charge in [-0.05, 0) is 66.6 Å². The van der Waals surface area contributed by atoms with Crippen LogP contribution in [0.2, 0.25) is 18.1 Å². The summed E-state index contributed by atoms with van der Waals surface area (Å²) in [7, 11) is -2.18. The molecule has 1 amide bonds. The minimum absolute atomic E-state index is 0.00903. The highest BCUT2D eigenvalue weighted by molar-refractivity contribution is 6.74. The van der Waals surface area contributed by atoms with Crippen LogP contribution in [0.3, 0.4) is 0 Å². The molecule has 32 heavy (non-hydrogen) atoms.